The van der Waals surface area contributed by atoms with Crippen LogP contribution in [0.15, 0.2) is 23.6 Å². The van der Waals surface area contributed by atoms with E-state index in [0.717, 1.165) is 22.9 Å². The van der Waals surface area contributed by atoms with Gasteiger partial charge in [0.25, 0.3) is 5.91 Å². The van der Waals surface area contributed by atoms with Gasteiger partial charge in [0.15, 0.2) is 0 Å². The Morgan fingerprint density at radius 1 is 1.33 bits per heavy atom. The predicted molar refractivity (Wildman–Crippen MR) is 92.6 cm³/mol. The average molecular weight is 347 g/mol. The van der Waals surface area contributed by atoms with Crippen LogP contribution in [0.4, 0.5) is 0 Å². The second-order valence-electron chi connectivity index (χ2n) is 6.80. The van der Waals surface area contributed by atoms with Crippen LogP contribution in [0, 0.1) is 0 Å². The Kier molecular flexibility index (Phi) is 3.98. The number of benzene rings is 1. The summed E-state index contributed by atoms with van der Waals surface area (Å²) in [4.78, 5) is 14.6. The normalized spacial score (nSPS) is 23.7. The summed E-state index contributed by atoms with van der Waals surface area (Å²) >= 11 is 1.52. The summed E-state index contributed by atoms with van der Waals surface area (Å²) in [6.45, 7) is 1.83. The highest BCUT2D eigenvalue weighted by molar-refractivity contribution is 7.17. The predicted octanol–water partition coefficient (Wildman–Crippen LogP) is 2.75. The van der Waals surface area contributed by atoms with Gasteiger partial charge in [-0.1, -0.05) is 0 Å². The molecular weight excluding hydrogens is 326 g/mol. The first-order valence-electron chi connectivity index (χ1n) is 8.38. The number of fused-ring (bicyclic) bond motifs is 1. The number of carbonyl (C=O) groups is 1. The van der Waals surface area contributed by atoms with Crippen LogP contribution >= 0.6 is 11.3 Å². The van der Waals surface area contributed by atoms with Gasteiger partial charge >= 0.3 is 0 Å². The molecule has 2 aromatic rings. The monoisotopic (exact) mass is 347 g/mol. The van der Waals surface area contributed by atoms with Crippen molar-refractivity contribution in [2.45, 2.75) is 37.4 Å². The molecule has 2 N–H and O–H groups in total. The maximum Gasteiger partial charge on any atom is 0.254 e. The Balaban J connectivity index is 1.49. The van der Waals surface area contributed by atoms with Gasteiger partial charge in [-0.3, -0.25) is 4.79 Å². The highest BCUT2D eigenvalue weighted by atomic mass is 32.1. The molecule has 2 aliphatic rings. The topological polar surface area (TPSA) is 70.0 Å². The maximum atomic E-state index is 12.8. The van der Waals surface area contributed by atoms with E-state index >= 15 is 0 Å². The zero-order valence-electron chi connectivity index (χ0n) is 13.4. The van der Waals surface area contributed by atoms with Gasteiger partial charge in [-0.2, -0.15) is 0 Å². The maximum absolute atomic E-state index is 12.8. The highest BCUT2D eigenvalue weighted by Gasteiger charge is 2.40. The second-order valence-corrected chi connectivity index (χ2v) is 7.75. The molecule has 1 spiro atoms. The van der Waals surface area contributed by atoms with Crippen LogP contribution in [0.2, 0.25) is 0 Å². The molecule has 5 nitrogen and oxygen atoms in total. The van der Waals surface area contributed by atoms with Crippen molar-refractivity contribution in [3.8, 4) is 5.75 Å². The van der Waals surface area contributed by atoms with E-state index in [-0.39, 0.29) is 23.4 Å². The van der Waals surface area contributed by atoms with Crippen molar-refractivity contribution in [3.63, 3.8) is 0 Å². The van der Waals surface area contributed by atoms with Gasteiger partial charge in [-0.05, 0) is 42.8 Å². The van der Waals surface area contributed by atoms with E-state index in [9.17, 15) is 15.0 Å². The smallest absolute Gasteiger partial charge is 0.254 e. The Bertz CT molecular complexity index is 763. The molecule has 1 unspecified atom stereocenters. The summed E-state index contributed by atoms with van der Waals surface area (Å²) in [5.74, 6) is 0.108. The van der Waals surface area contributed by atoms with Crippen molar-refractivity contribution in [2.24, 2.45) is 0 Å². The van der Waals surface area contributed by atoms with Gasteiger partial charge in [-0.15, -0.1) is 11.3 Å². The lowest BCUT2D eigenvalue weighted by molar-refractivity contribution is -0.139. The van der Waals surface area contributed by atoms with Crippen LogP contribution in [0.3, 0.4) is 0 Å². The number of rotatable bonds is 1. The Hall–Kier alpha value is -1.63. The zero-order valence-corrected chi connectivity index (χ0v) is 14.2. The first-order valence-corrected chi connectivity index (χ1v) is 9.26. The fourth-order valence-corrected chi connectivity index (χ4v) is 4.67. The zero-order chi connectivity index (χ0) is 16.7. The fraction of sp³-hybridized carbons (Fsp3) is 0.500. The Morgan fingerprint density at radius 2 is 2.12 bits per heavy atom. The first kappa shape index (κ1) is 15.9. The average Bonchev–Trinajstić information content (AvgIpc) is 3.04. The molecule has 3 heterocycles. The van der Waals surface area contributed by atoms with Crippen LogP contribution in [0.25, 0.3) is 10.1 Å². The molecule has 2 saturated heterocycles. The van der Waals surface area contributed by atoms with Crippen molar-refractivity contribution in [3.05, 3.63) is 29.1 Å². The van der Waals surface area contributed by atoms with E-state index in [2.05, 4.69) is 0 Å². The van der Waals surface area contributed by atoms with Crippen LogP contribution in [-0.2, 0) is 4.74 Å². The number of carbonyl (C=O) groups excluding carboxylic acids is 1. The molecule has 2 aliphatic heterocycles. The number of likely N-dealkylation sites (tertiary alicyclic amines) is 1. The second kappa shape index (κ2) is 6.02. The third kappa shape index (κ3) is 2.79. The molecule has 0 radical (unpaired) electrons. The Morgan fingerprint density at radius 3 is 2.88 bits per heavy atom. The molecule has 1 aromatic heterocycles. The number of phenols is 1. The molecule has 0 saturated carbocycles. The summed E-state index contributed by atoms with van der Waals surface area (Å²) in [7, 11) is 0. The SMILES string of the molecule is O=C(c1cc(O)c2ccsc2c1)N1CCC2(CC1)CC(O)CCO2. The summed E-state index contributed by atoms with van der Waals surface area (Å²) in [6.07, 6.45) is 2.58. The summed E-state index contributed by atoms with van der Waals surface area (Å²) in [5.41, 5.74) is 0.261. The number of ether oxygens (including phenoxy) is 1. The van der Waals surface area contributed by atoms with Crippen molar-refractivity contribution in [1.82, 2.24) is 4.90 Å². The van der Waals surface area contributed by atoms with Gasteiger partial charge in [0.05, 0.1) is 11.7 Å². The van der Waals surface area contributed by atoms with Gasteiger partial charge in [-0.25, -0.2) is 0 Å². The number of aromatic hydroxyl groups is 1. The van der Waals surface area contributed by atoms with Crippen molar-refractivity contribution in [2.75, 3.05) is 19.7 Å². The summed E-state index contributed by atoms with van der Waals surface area (Å²) in [5, 5.41) is 22.7. The number of hydrogen-bond donors (Lipinski definition) is 2. The Labute approximate surface area is 144 Å². The van der Waals surface area contributed by atoms with E-state index in [1.54, 1.807) is 6.07 Å². The largest absolute Gasteiger partial charge is 0.507 e. The third-order valence-electron chi connectivity index (χ3n) is 5.23. The minimum absolute atomic E-state index is 0.0493. The lowest BCUT2D eigenvalue weighted by atomic mass is 9.83. The van der Waals surface area contributed by atoms with Crippen LogP contribution in [0.5, 0.6) is 5.75 Å². The molecule has 24 heavy (non-hydrogen) atoms. The summed E-state index contributed by atoms with van der Waals surface area (Å²) in [6, 6.07) is 5.27. The lowest BCUT2D eigenvalue weighted by Crippen LogP contribution is -2.51. The number of aliphatic hydroxyl groups excluding tert-OH is 1. The highest BCUT2D eigenvalue weighted by Crippen LogP contribution is 2.36. The third-order valence-corrected chi connectivity index (χ3v) is 6.09. The standard InChI is InChI=1S/C18H21NO4S/c20-13-1-7-23-18(11-13)3-5-19(6-4-18)17(22)12-9-15(21)14-2-8-24-16(14)10-12/h2,8-10,13,20-21H,1,3-7,11H2. The molecular formula is C18H21NO4S. The molecule has 128 valence electrons. The van der Waals surface area contributed by atoms with E-state index in [1.807, 2.05) is 22.4 Å². The number of piperidine rings is 1. The van der Waals surface area contributed by atoms with E-state index in [0.29, 0.717) is 38.1 Å². The molecule has 1 atom stereocenters. The van der Waals surface area contributed by atoms with Gasteiger partial charge in [0, 0.05) is 41.8 Å². The van der Waals surface area contributed by atoms with Crippen LogP contribution in [0.1, 0.15) is 36.0 Å². The number of aliphatic hydroxyl groups is 1. The summed E-state index contributed by atoms with van der Waals surface area (Å²) < 4.78 is 6.86. The molecule has 1 amide bonds. The minimum Gasteiger partial charge on any atom is -0.507 e. The van der Waals surface area contributed by atoms with E-state index in [4.69, 9.17) is 4.74 Å². The van der Waals surface area contributed by atoms with Crippen LogP contribution in [-0.4, -0.2) is 52.4 Å². The quantitative estimate of drug-likeness (QED) is 0.832. The number of nitrogens with zero attached hydrogens (tertiary/aromatic N) is 1. The lowest BCUT2D eigenvalue weighted by Gasteiger charge is -2.45. The number of amides is 1. The van der Waals surface area contributed by atoms with E-state index < -0.39 is 0 Å². The molecule has 0 aliphatic carbocycles. The fourth-order valence-electron chi connectivity index (χ4n) is 3.83. The number of thiophene rings is 1. The first-order chi connectivity index (χ1) is 11.6. The molecule has 0 bridgehead atoms. The van der Waals surface area contributed by atoms with Gasteiger partial charge in [0.2, 0.25) is 0 Å². The van der Waals surface area contributed by atoms with Crippen molar-refractivity contribution < 1.29 is 19.7 Å². The van der Waals surface area contributed by atoms with Crippen LogP contribution < -0.4 is 0 Å². The molecule has 2 fully saturated rings. The molecule has 6 heteroatoms. The van der Waals surface area contributed by atoms with Gasteiger partial charge in [0.1, 0.15) is 5.75 Å². The van der Waals surface area contributed by atoms with E-state index in [1.165, 1.54) is 11.3 Å². The minimum atomic E-state index is -0.292. The van der Waals surface area contributed by atoms with Crippen molar-refractivity contribution >= 4 is 27.3 Å². The van der Waals surface area contributed by atoms with Crippen molar-refractivity contribution in [1.29, 1.82) is 0 Å². The number of hydrogen-bond acceptors (Lipinski definition) is 5. The van der Waals surface area contributed by atoms with Gasteiger partial charge < -0.3 is 19.8 Å². The molecule has 4 rings (SSSR count). The number of phenolic OH excluding ortho intramolecular Hbond substituents is 1. The molecule has 1 aromatic carbocycles.